The quantitative estimate of drug-likeness (QED) is 0.900. The van der Waals surface area contributed by atoms with Crippen LogP contribution in [0.3, 0.4) is 0 Å². The Hall–Kier alpha value is -2.30. The SMILES string of the molecule is O=C(O)c1cc(-c2ccccc2N2CCCCC2)n[nH]1. The van der Waals surface area contributed by atoms with Crippen LogP contribution < -0.4 is 4.90 Å². The van der Waals surface area contributed by atoms with E-state index < -0.39 is 5.97 Å². The summed E-state index contributed by atoms with van der Waals surface area (Å²) in [6, 6.07) is 9.63. The van der Waals surface area contributed by atoms with Crippen molar-refractivity contribution in [1.29, 1.82) is 0 Å². The molecule has 2 aromatic rings. The Balaban J connectivity index is 1.97. The van der Waals surface area contributed by atoms with Gasteiger partial charge in [0.1, 0.15) is 5.69 Å². The number of carboxylic acid groups (broad SMARTS) is 1. The van der Waals surface area contributed by atoms with Crippen molar-refractivity contribution in [1.82, 2.24) is 10.2 Å². The van der Waals surface area contributed by atoms with Crippen molar-refractivity contribution >= 4 is 11.7 Å². The molecule has 2 heterocycles. The highest BCUT2D eigenvalue weighted by Crippen LogP contribution is 2.31. The molecular weight excluding hydrogens is 254 g/mol. The number of hydrogen-bond donors (Lipinski definition) is 2. The fourth-order valence-corrected chi connectivity index (χ4v) is 2.67. The Morgan fingerprint density at radius 1 is 1.20 bits per heavy atom. The number of carboxylic acids is 1. The first-order chi connectivity index (χ1) is 9.75. The van der Waals surface area contributed by atoms with Gasteiger partial charge in [0.15, 0.2) is 0 Å². The number of anilines is 1. The molecule has 2 N–H and O–H groups in total. The molecule has 5 heteroatoms. The van der Waals surface area contributed by atoms with E-state index in [0.29, 0.717) is 5.69 Å². The summed E-state index contributed by atoms with van der Waals surface area (Å²) in [6.07, 6.45) is 3.69. The van der Waals surface area contributed by atoms with Gasteiger partial charge in [-0.25, -0.2) is 4.79 Å². The number of aromatic carboxylic acids is 1. The van der Waals surface area contributed by atoms with Crippen LogP contribution in [0.15, 0.2) is 30.3 Å². The maximum Gasteiger partial charge on any atom is 0.353 e. The van der Waals surface area contributed by atoms with Gasteiger partial charge >= 0.3 is 5.97 Å². The highest BCUT2D eigenvalue weighted by molar-refractivity contribution is 5.88. The second-order valence-corrected chi connectivity index (χ2v) is 5.04. The van der Waals surface area contributed by atoms with E-state index in [4.69, 9.17) is 5.11 Å². The number of benzene rings is 1. The number of nitrogens with one attached hydrogen (secondary N) is 1. The first-order valence-corrected chi connectivity index (χ1v) is 6.89. The Morgan fingerprint density at radius 2 is 1.95 bits per heavy atom. The van der Waals surface area contributed by atoms with Gasteiger partial charge in [-0.2, -0.15) is 5.10 Å². The summed E-state index contributed by atoms with van der Waals surface area (Å²) in [5, 5.41) is 15.7. The highest BCUT2D eigenvalue weighted by Gasteiger charge is 2.17. The molecule has 0 saturated carbocycles. The van der Waals surface area contributed by atoms with Crippen LogP contribution in [0.2, 0.25) is 0 Å². The Kier molecular flexibility index (Phi) is 3.41. The minimum Gasteiger partial charge on any atom is -0.477 e. The summed E-state index contributed by atoms with van der Waals surface area (Å²) < 4.78 is 0. The Morgan fingerprint density at radius 3 is 2.65 bits per heavy atom. The average Bonchev–Trinajstić information content (AvgIpc) is 2.98. The third-order valence-electron chi connectivity index (χ3n) is 3.69. The zero-order chi connectivity index (χ0) is 13.9. The molecule has 1 aliphatic rings. The number of para-hydroxylation sites is 1. The Labute approximate surface area is 117 Å². The highest BCUT2D eigenvalue weighted by atomic mass is 16.4. The summed E-state index contributed by atoms with van der Waals surface area (Å²) in [6.45, 7) is 2.10. The molecule has 1 saturated heterocycles. The monoisotopic (exact) mass is 271 g/mol. The number of rotatable bonds is 3. The lowest BCUT2D eigenvalue weighted by molar-refractivity contribution is 0.0690. The third kappa shape index (κ3) is 2.39. The van der Waals surface area contributed by atoms with E-state index in [-0.39, 0.29) is 5.69 Å². The van der Waals surface area contributed by atoms with Gasteiger partial charge in [0.25, 0.3) is 0 Å². The average molecular weight is 271 g/mol. The zero-order valence-electron chi connectivity index (χ0n) is 11.2. The molecule has 104 valence electrons. The fourth-order valence-electron chi connectivity index (χ4n) is 2.67. The van der Waals surface area contributed by atoms with Gasteiger partial charge in [0, 0.05) is 24.3 Å². The molecule has 0 spiro atoms. The second kappa shape index (κ2) is 5.36. The molecule has 1 aromatic heterocycles. The van der Waals surface area contributed by atoms with Crippen molar-refractivity contribution in [2.24, 2.45) is 0 Å². The van der Waals surface area contributed by atoms with Crippen molar-refractivity contribution in [2.45, 2.75) is 19.3 Å². The molecule has 0 amide bonds. The van der Waals surface area contributed by atoms with Gasteiger partial charge in [-0.05, 0) is 31.4 Å². The minimum atomic E-state index is -0.987. The first-order valence-electron chi connectivity index (χ1n) is 6.89. The molecular formula is C15H17N3O2. The molecule has 0 unspecified atom stereocenters. The molecule has 1 aliphatic heterocycles. The van der Waals surface area contributed by atoms with Gasteiger partial charge in [0.2, 0.25) is 0 Å². The lowest BCUT2D eigenvalue weighted by Crippen LogP contribution is -2.29. The lowest BCUT2D eigenvalue weighted by atomic mass is 10.0. The van der Waals surface area contributed by atoms with Crippen molar-refractivity contribution < 1.29 is 9.90 Å². The Bertz CT molecular complexity index is 615. The summed E-state index contributed by atoms with van der Waals surface area (Å²) in [7, 11) is 0. The number of piperidine rings is 1. The zero-order valence-corrected chi connectivity index (χ0v) is 11.2. The topological polar surface area (TPSA) is 69.2 Å². The molecule has 0 aliphatic carbocycles. The molecule has 20 heavy (non-hydrogen) atoms. The van der Waals surface area contributed by atoms with Crippen LogP contribution in [0.4, 0.5) is 5.69 Å². The summed E-state index contributed by atoms with van der Waals surface area (Å²) >= 11 is 0. The van der Waals surface area contributed by atoms with Gasteiger partial charge in [0.05, 0.1) is 5.69 Å². The number of hydrogen-bond acceptors (Lipinski definition) is 3. The smallest absolute Gasteiger partial charge is 0.353 e. The molecule has 3 rings (SSSR count). The largest absolute Gasteiger partial charge is 0.477 e. The minimum absolute atomic E-state index is 0.119. The molecule has 0 radical (unpaired) electrons. The number of H-pyrrole nitrogens is 1. The molecule has 1 aromatic carbocycles. The summed E-state index contributed by atoms with van der Waals surface area (Å²) in [5.41, 5.74) is 2.92. The third-order valence-corrected chi connectivity index (χ3v) is 3.69. The van der Waals surface area contributed by atoms with Crippen LogP contribution in [0.25, 0.3) is 11.3 Å². The number of carbonyl (C=O) groups is 1. The predicted octanol–water partition coefficient (Wildman–Crippen LogP) is 2.77. The van der Waals surface area contributed by atoms with Crippen LogP contribution in [0.1, 0.15) is 29.8 Å². The van der Waals surface area contributed by atoms with Crippen molar-refractivity contribution in [3.05, 3.63) is 36.0 Å². The van der Waals surface area contributed by atoms with Crippen LogP contribution in [0.5, 0.6) is 0 Å². The van der Waals surface area contributed by atoms with E-state index >= 15 is 0 Å². The normalized spacial score (nSPS) is 15.3. The molecule has 0 bridgehead atoms. The van der Waals surface area contributed by atoms with Crippen LogP contribution in [-0.4, -0.2) is 34.4 Å². The maximum absolute atomic E-state index is 11.0. The van der Waals surface area contributed by atoms with Crippen LogP contribution >= 0.6 is 0 Å². The predicted molar refractivity (Wildman–Crippen MR) is 77.0 cm³/mol. The van der Waals surface area contributed by atoms with E-state index in [1.165, 1.54) is 19.3 Å². The lowest BCUT2D eigenvalue weighted by Gasteiger charge is -2.30. The van der Waals surface area contributed by atoms with E-state index in [1.54, 1.807) is 6.07 Å². The van der Waals surface area contributed by atoms with Crippen molar-refractivity contribution in [3.8, 4) is 11.3 Å². The van der Waals surface area contributed by atoms with E-state index in [0.717, 1.165) is 24.3 Å². The summed E-state index contributed by atoms with van der Waals surface area (Å²) in [5.74, 6) is -0.987. The van der Waals surface area contributed by atoms with Gasteiger partial charge in [-0.15, -0.1) is 0 Å². The van der Waals surface area contributed by atoms with Crippen molar-refractivity contribution in [3.63, 3.8) is 0 Å². The number of nitrogens with zero attached hydrogens (tertiary/aromatic N) is 2. The van der Waals surface area contributed by atoms with Gasteiger partial charge in [-0.1, -0.05) is 18.2 Å². The maximum atomic E-state index is 11.0. The number of aromatic amines is 1. The molecule has 0 atom stereocenters. The van der Waals surface area contributed by atoms with E-state index in [9.17, 15) is 4.79 Å². The second-order valence-electron chi connectivity index (χ2n) is 5.04. The van der Waals surface area contributed by atoms with Gasteiger partial charge < -0.3 is 10.0 Å². The molecule has 5 nitrogen and oxygen atoms in total. The van der Waals surface area contributed by atoms with E-state index in [2.05, 4.69) is 21.2 Å². The van der Waals surface area contributed by atoms with Crippen molar-refractivity contribution in [2.75, 3.05) is 18.0 Å². The molecule has 1 fully saturated rings. The first kappa shape index (κ1) is 12.7. The number of aromatic nitrogens is 2. The van der Waals surface area contributed by atoms with Crippen LogP contribution in [0, 0.1) is 0 Å². The van der Waals surface area contributed by atoms with Crippen LogP contribution in [-0.2, 0) is 0 Å². The summed E-state index contributed by atoms with van der Waals surface area (Å²) in [4.78, 5) is 13.3. The van der Waals surface area contributed by atoms with E-state index in [1.807, 2.05) is 18.2 Å². The van der Waals surface area contributed by atoms with Gasteiger partial charge in [-0.3, -0.25) is 5.10 Å². The standard InChI is InChI=1S/C15H17N3O2/c19-15(20)13-10-12(16-17-13)11-6-2-3-7-14(11)18-8-4-1-5-9-18/h2-3,6-7,10H,1,4-5,8-9H2,(H,16,17)(H,19,20). The fraction of sp³-hybridized carbons (Fsp3) is 0.333.